The second-order valence-corrected chi connectivity index (χ2v) is 7.87. The SMILES string of the molecule is NC(=O)[C@H](Cc1ccc(Br)cc1)NC(=O)c1c2ccccc2cc2ccccc12. The molecule has 0 unspecified atom stereocenters. The number of carbonyl (C=O) groups excluding carboxylic acids is 2. The fraction of sp³-hybridized carbons (Fsp3) is 0.0833. The van der Waals surface area contributed by atoms with Crippen LogP contribution in [-0.2, 0) is 11.2 Å². The zero-order chi connectivity index (χ0) is 20.4. The predicted octanol–water partition coefficient (Wildman–Crippen LogP) is 4.58. The minimum atomic E-state index is -0.804. The molecule has 0 aromatic heterocycles. The summed E-state index contributed by atoms with van der Waals surface area (Å²) in [4.78, 5) is 25.4. The van der Waals surface area contributed by atoms with Gasteiger partial charge in [-0.3, -0.25) is 9.59 Å². The van der Waals surface area contributed by atoms with E-state index in [0.29, 0.717) is 12.0 Å². The molecule has 29 heavy (non-hydrogen) atoms. The normalized spacial score (nSPS) is 12.0. The van der Waals surface area contributed by atoms with Gasteiger partial charge in [0.15, 0.2) is 0 Å². The van der Waals surface area contributed by atoms with E-state index in [0.717, 1.165) is 31.6 Å². The zero-order valence-corrected chi connectivity index (χ0v) is 17.1. The Morgan fingerprint density at radius 3 is 1.97 bits per heavy atom. The Balaban J connectivity index is 1.73. The van der Waals surface area contributed by atoms with Crippen LogP contribution in [-0.4, -0.2) is 17.9 Å². The highest BCUT2D eigenvalue weighted by molar-refractivity contribution is 9.10. The molecule has 2 amide bonds. The summed E-state index contributed by atoms with van der Waals surface area (Å²) in [5.74, 6) is -0.871. The highest BCUT2D eigenvalue weighted by Crippen LogP contribution is 2.28. The van der Waals surface area contributed by atoms with Crippen molar-refractivity contribution in [1.82, 2.24) is 5.32 Å². The van der Waals surface area contributed by atoms with Crippen LogP contribution in [0.3, 0.4) is 0 Å². The number of hydrogen-bond acceptors (Lipinski definition) is 2. The number of carbonyl (C=O) groups is 2. The molecule has 144 valence electrons. The smallest absolute Gasteiger partial charge is 0.253 e. The molecule has 0 heterocycles. The van der Waals surface area contributed by atoms with Gasteiger partial charge in [-0.15, -0.1) is 0 Å². The molecule has 5 heteroatoms. The Hall–Kier alpha value is -3.18. The predicted molar refractivity (Wildman–Crippen MR) is 120 cm³/mol. The van der Waals surface area contributed by atoms with Gasteiger partial charge in [0, 0.05) is 10.9 Å². The van der Waals surface area contributed by atoms with Crippen LogP contribution in [0.5, 0.6) is 0 Å². The number of halogens is 1. The summed E-state index contributed by atoms with van der Waals surface area (Å²) in [6.45, 7) is 0. The standard InChI is InChI=1S/C24H19BrN2O2/c25-18-11-9-15(10-12-18)13-21(23(26)28)27-24(29)22-19-7-3-1-5-16(19)14-17-6-2-4-8-20(17)22/h1-12,14,21H,13H2,(H2,26,28)(H,27,29)/t21-/m0/s1. The van der Waals surface area contributed by atoms with Crippen LogP contribution in [0.4, 0.5) is 0 Å². The molecule has 4 rings (SSSR count). The summed E-state index contributed by atoms with van der Waals surface area (Å²) < 4.78 is 0.947. The Labute approximate surface area is 176 Å². The van der Waals surface area contributed by atoms with Crippen LogP contribution in [0.2, 0.25) is 0 Å². The van der Waals surface area contributed by atoms with Crippen molar-refractivity contribution in [3.63, 3.8) is 0 Å². The average Bonchev–Trinajstić information content (AvgIpc) is 2.72. The van der Waals surface area contributed by atoms with Gasteiger partial charge in [-0.05, 0) is 45.3 Å². The first-order valence-corrected chi connectivity index (χ1v) is 10.1. The lowest BCUT2D eigenvalue weighted by atomic mass is 9.95. The summed E-state index contributed by atoms with van der Waals surface area (Å²) >= 11 is 3.40. The largest absolute Gasteiger partial charge is 0.368 e. The van der Waals surface area contributed by atoms with Crippen LogP contribution in [0.1, 0.15) is 15.9 Å². The molecular weight excluding hydrogens is 428 g/mol. The van der Waals surface area contributed by atoms with Gasteiger partial charge in [-0.1, -0.05) is 76.6 Å². The van der Waals surface area contributed by atoms with E-state index in [1.165, 1.54) is 0 Å². The fourth-order valence-corrected chi connectivity index (χ4v) is 3.83. The molecule has 0 spiro atoms. The summed E-state index contributed by atoms with van der Waals surface area (Å²) in [6, 6.07) is 24.4. The van der Waals surface area contributed by atoms with Crippen LogP contribution in [0, 0.1) is 0 Å². The van der Waals surface area contributed by atoms with Gasteiger partial charge in [-0.2, -0.15) is 0 Å². The van der Waals surface area contributed by atoms with Crippen LogP contribution in [0.15, 0.2) is 83.3 Å². The average molecular weight is 447 g/mol. The maximum absolute atomic E-state index is 13.3. The minimum Gasteiger partial charge on any atom is -0.368 e. The number of primary amides is 1. The first-order chi connectivity index (χ1) is 14.0. The number of amides is 2. The number of nitrogens with one attached hydrogen (secondary N) is 1. The van der Waals surface area contributed by atoms with E-state index in [4.69, 9.17) is 5.73 Å². The first kappa shape index (κ1) is 19.2. The Bertz CT molecular complexity index is 1160. The molecule has 0 aliphatic heterocycles. The van der Waals surface area contributed by atoms with Crippen LogP contribution in [0.25, 0.3) is 21.5 Å². The second-order valence-electron chi connectivity index (χ2n) is 6.95. The number of nitrogens with two attached hydrogens (primary N) is 1. The summed E-state index contributed by atoms with van der Waals surface area (Å²) in [5, 5.41) is 6.49. The van der Waals surface area contributed by atoms with Gasteiger partial charge in [0.1, 0.15) is 6.04 Å². The van der Waals surface area contributed by atoms with Crippen LogP contribution < -0.4 is 11.1 Å². The van der Waals surface area contributed by atoms with Crippen molar-refractivity contribution in [2.45, 2.75) is 12.5 Å². The molecule has 0 radical (unpaired) electrons. The van der Waals surface area contributed by atoms with E-state index in [9.17, 15) is 9.59 Å². The summed E-state index contributed by atoms with van der Waals surface area (Å²) in [6.07, 6.45) is 0.330. The van der Waals surface area contributed by atoms with E-state index in [1.807, 2.05) is 72.8 Å². The minimum absolute atomic E-state index is 0.307. The highest BCUT2D eigenvalue weighted by Gasteiger charge is 2.22. The molecule has 1 atom stereocenters. The van der Waals surface area contributed by atoms with E-state index in [-0.39, 0.29) is 5.91 Å². The number of rotatable bonds is 5. The molecule has 4 nitrogen and oxygen atoms in total. The lowest BCUT2D eigenvalue weighted by Gasteiger charge is -2.18. The van der Waals surface area contributed by atoms with Gasteiger partial charge in [-0.25, -0.2) is 0 Å². The van der Waals surface area contributed by atoms with Gasteiger partial charge < -0.3 is 11.1 Å². The van der Waals surface area contributed by atoms with Gasteiger partial charge in [0.05, 0.1) is 5.56 Å². The summed E-state index contributed by atoms with van der Waals surface area (Å²) in [7, 11) is 0. The molecular formula is C24H19BrN2O2. The van der Waals surface area contributed by atoms with Gasteiger partial charge >= 0.3 is 0 Å². The number of hydrogen-bond donors (Lipinski definition) is 2. The molecule has 4 aromatic rings. The van der Waals surface area contributed by atoms with Crippen LogP contribution >= 0.6 is 15.9 Å². The summed E-state index contributed by atoms with van der Waals surface area (Å²) in [5.41, 5.74) is 7.08. The highest BCUT2D eigenvalue weighted by atomic mass is 79.9. The zero-order valence-electron chi connectivity index (χ0n) is 15.6. The molecule has 0 fully saturated rings. The fourth-order valence-electron chi connectivity index (χ4n) is 3.57. The lowest BCUT2D eigenvalue weighted by Crippen LogP contribution is -2.46. The van der Waals surface area contributed by atoms with Crippen molar-refractivity contribution >= 4 is 49.3 Å². The van der Waals surface area contributed by atoms with Gasteiger partial charge in [0.25, 0.3) is 5.91 Å². The molecule has 0 aliphatic rings. The Kier molecular flexibility index (Phi) is 5.32. The first-order valence-electron chi connectivity index (χ1n) is 9.28. The van der Waals surface area contributed by atoms with Crippen molar-refractivity contribution in [2.24, 2.45) is 5.73 Å². The molecule has 4 aromatic carbocycles. The quantitative estimate of drug-likeness (QED) is 0.440. The van der Waals surface area contributed by atoms with Crippen molar-refractivity contribution in [2.75, 3.05) is 0 Å². The van der Waals surface area contributed by atoms with Crippen molar-refractivity contribution in [1.29, 1.82) is 0 Å². The molecule has 0 aliphatic carbocycles. The number of benzene rings is 4. The van der Waals surface area contributed by atoms with Gasteiger partial charge in [0.2, 0.25) is 5.91 Å². The third-order valence-corrected chi connectivity index (χ3v) is 5.53. The molecule has 3 N–H and O–H groups in total. The lowest BCUT2D eigenvalue weighted by molar-refractivity contribution is -0.119. The van der Waals surface area contributed by atoms with Crippen molar-refractivity contribution in [3.8, 4) is 0 Å². The third-order valence-electron chi connectivity index (χ3n) is 5.00. The van der Waals surface area contributed by atoms with Crippen molar-refractivity contribution < 1.29 is 9.59 Å². The Morgan fingerprint density at radius 2 is 1.41 bits per heavy atom. The van der Waals surface area contributed by atoms with E-state index >= 15 is 0 Å². The molecule has 0 saturated heterocycles. The number of fused-ring (bicyclic) bond motifs is 2. The molecule has 0 saturated carbocycles. The van der Waals surface area contributed by atoms with E-state index in [1.54, 1.807) is 0 Å². The maximum Gasteiger partial charge on any atom is 0.253 e. The van der Waals surface area contributed by atoms with E-state index < -0.39 is 11.9 Å². The maximum atomic E-state index is 13.3. The Morgan fingerprint density at radius 1 is 0.862 bits per heavy atom. The third kappa shape index (κ3) is 4.00. The monoisotopic (exact) mass is 446 g/mol. The molecule has 0 bridgehead atoms. The van der Waals surface area contributed by atoms with Crippen molar-refractivity contribution in [3.05, 3.63) is 94.5 Å². The topological polar surface area (TPSA) is 72.2 Å². The second kappa shape index (κ2) is 8.05. The van der Waals surface area contributed by atoms with E-state index in [2.05, 4.69) is 27.3 Å².